The van der Waals surface area contributed by atoms with Crippen molar-refractivity contribution in [3.05, 3.63) is 35.4 Å². The number of rotatable bonds is 12. The van der Waals surface area contributed by atoms with E-state index < -0.39 is 7.60 Å². The van der Waals surface area contributed by atoms with Gasteiger partial charge in [0.1, 0.15) is 0 Å². The first-order valence-corrected chi connectivity index (χ1v) is 12.4. The van der Waals surface area contributed by atoms with Crippen molar-refractivity contribution < 1.29 is 23.5 Å². The molecule has 0 unspecified atom stereocenters. The molecule has 0 aliphatic carbocycles. The molecule has 0 atom stereocenters. The molecule has 3 aromatic rings. The maximum Gasteiger partial charge on any atom is 0.335 e. The summed E-state index contributed by atoms with van der Waals surface area (Å²) in [6.45, 7) is 6.97. The molecule has 0 saturated carbocycles. The normalized spacial score (nSPS) is 11.8. The van der Waals surface area contributed by atoms with E-state index >= 15 is 0 Å². The van der Waals surface area contributed by atoms with Gasteiger partial charge in [0.15, 0.2) is 17.0 Å². The van der Waals surface area contributed by atoms with Gasteiger partial charge in [-0.05, 0) is 31.4 Å². The highest BCUT2D eigenvalue weighted by atomic mass is 31.2. The molecule has 0 spiro atoms. The van der Waals surface area contributed by atoms with Crippen molar-refractivity contribution in [2.24, 2.45) is 0 Å². The summed E-state index contributed by atoms with van der Waals surface area (Å²) in [7, 11) is -3.23. The number of benzene rings is 1. The Kier molecular flexibility index (Phi) is 8.06. The van der Waals surface area contributed by atoms with E-state index in [1.54, 1.807) is 13.8 Å². The van der Waals surface area contributed by atoms with Crippen LogP contribution in [0.2, 0.25) is 0 Å². The minimum absolute atomic E-state index is 0.138. The minimum Gasteiger partial charge on any atom is -0.480 e. The van der Waals surface area contributed by atoms with Gasteiger partial charge in [0, 0.05) is 0 Å². The van der Waals surface area contributed by atoms with Crippen LogP contribution in [0.15, 0.2) is 24.3 Å². The summed E-state index contributed by atoms with van der Waals surface area (Å²) in [4.78, 5) is 12.6. The van der Waals surface area contributed by atoms with Crippen LogP contribution in [-0.2, 0) is 26.3 Å². The molecule has 0 fully saturated rings. The summed E-state index contributed by atoms with van der Waals surface area (Å²) in [5.41, 5.74) is 8.34. The molecule has 10 nitrogen and oxygen atoms in total. The first-order valence-electron chi connectivity index (χ1n) is 10.7. The van der Waals surface area contributed by atoms with Gasteiger partial charge in [0.2, 0.25) is 0 Å². The number of fused-ring (bicyclic) bond motifs is 1. The molecule has 1 aromatic carbocycles. The zero-order valence-electron chi connectivity index (χ0n) is 18.7. The Morgan fingerprint density at radius 1 is 1.09 bits per heavy atom. The molecule has 0 radical (unpaired) electrons. The van der Waals surface area contributed by atoms with Gasteiger partial charge in [-0.1, -0.05) is 37.6 Å². The van der Waals surface area contributed by atoms with Gasteiger partial charge < -0.3 is 24.6 Å². The van der Waals surface area contributed by atoms with E-state index in [-0.39, 0.29) is 30.5 Å². The predicted octanol–water partition coefficient (Wildman–Crippen LogP) is 4.11. The van der Waals surface area contributed by atoms with Crippen LogP contribution in [0.25, 0.3) is 11.2 Å². The number of anilines is 1. The number of imidazole rings is 1. The first-order chi connectivity index (χ1) is 15.4. The third kappa shape index (κ3) is 5.76. The van der Waals surface area contributed by atoms with Gasteiger partial charge in [0.05, 0.1) is 32.5 Å². The number of aromatic hydroxyl groups is 1. The predicted molar refractivity (Wildman–Crippen MR) is 122 cm³/mol. The number of unbranched alkanes of at least 4 members (excludes halogenated alkanes) is 1. The second-order valence-corrected chi connectivity index (χ2v) is 9.24. The molecule has 0 amide bonds. The number of nitrogens with zero attached hydrogens (tertiary/aromatic N) is 4. The lowest BCUT2D eigenvalue weighted by Crippen LogP contribution is -2.06. The topological polar surface area (TPSA) is 135 Å². The van der Waals surface area contributed by atoms with Gasteiger partial charge in [-0.3, -0.25) is 9.13 Å². The Bertz CT molecular complexity index is 1090. The molecular formula is C21H30N5O5P. The van der Waals surface area contributed by atoms with E-state index in [0.29, 0.717) is 31.0 Å². The van der Waals surface area contributed by atoms with Crippen LogP contribution < -0.4 is 10.5 Å². The lowest BCUT2D eigenvalue weighted by molar-refractivity contribution is 0.219. The molecule has 3 rings (SSSR count). The standard InChI is InChI=1S/C21H30N5O5P/c1-4-7-11-29-20-24-18(22)17-19(25-20)26(21(27)23-17)13-15-9-8-10-16(12-15)14-32(28,30-5-2)31-6-3/h8-10,12H,4-7,11,13-14H2,1-3H3,(H,23,27)(H2,22,24,25). The van der Waals surface area contributed by atoms with Gasteiger partial charge in [-0.15, -0.1) is 0 Å². The van der Waals surface area contributed by atoms with Crippen LogP contribution in [0.5, 0.6) is 12.0 Å². The van der Waals surface area contributed by atoms with E-state index in [0.717, 1.165) is 24.0 Å². The molecule has 2 aromatic heterocycles. The quantitative estimate of drug-likeness (QED) is 0.300. The summed E-state index contributed by atoms with van der Waals surface area (Å²) < 4.78 is 30.8. The smallest absolute Gasteiger partial charge is 0.335 e. The summed E-state index contributed by atoms with van der Waals surface area (Å²) >= 11 is 0. The van der Waals surface area contributed by atoms with E-state index in [2.05, 4.69) is 21.9 Å². The van der Waals surface area contributed by atoms with Gasteiger partial charge in [0.25, 0.3) is 6.01 Å². The summed E-state index contributed by atoms with van der Waals surface area (Å²) in [6, 6.07) is 7.41. The molecule has 0 aliphatic rings. The number of nitrogen functional groups attached to an aromatic ring is 1. The summed E-state index contributed by atoms with van der Waals surface area (Å²) in [6.07, 6.45) is 2.00. The number of aromatic nitrogens is 4. The third-order valence-electron chi connectivity index (χ3n) is 4.67. The van der Waals surface area contributed by atoms with E-state index in [1.807, 2.05) is 24.3 Å². The highest BCUT2D eigenvalue weighted by molar-refractivity contribution is 7.53. The number of hydrogen-bond acceptors (Lipinski definition) is 9. The second-order valence-electron chi connectivity index (χ2n) is 7.19. The highest BCUT2D eigenvalue weighted by Crippen LogP contribution is 2.51. The Hall–Kier alpha value is -2.68. The minimum atomic E-state index is -3.23. The fourth-order valence-electron chi connectivity index (χ4n) is 3.26. The van der Waals surface area contributed by atoms with Crippen molar-refractivity contribution in [2.45, 2.75) is 46.3 Å². The number of ether oxygens (including phenoxy) is 1. The van der Waals surface area contributed by atoms with Crippen LogP contribution in [0.3, 0.4) is 0 Å². The second kappa shape index (κ2) is 10.8. The lowest BCUT2D eigenvalue weighted by atomic mass is 10.1. The van der Waals surface area contributed by atoms with Gasteiger partial charge >= 0.3 is 13.6 Å². The first kappa shape index (κ1) is 24.0. The zero-order chi connectivity index (χ0) is 23.1. The van der Waals surface area contributed by atoms with Crippen molar-refractivity contribution in [1.29, 1.82) is 0 Å². The third-order valence-corrected chi connectivity index (χ3v) is 6.73. The molecule has 3 N–H and O–H groups in total. The molecule has 2 heterocycles. The zero-order valence-corrected chi connectivity index (χ0v) is 19.5. The Morgan fingerprint density at radius 2 is 1.81 bits per heavy atom. The van der Waals surface area contributed by atoms with E-state index in [1.165, 1.54) is 4.57 Å². The molecule has 0 aliphatic heterocycles. The van der Waals surface area contributed by atoms with Gasteiger partial charge in [-0.25, -0.2) is 0 Å². The SMILES string of the molecule is CCCCOc1nc(N)c2nc(O)n(Cc3cccc(CP(=O)(OCC)OCC)c3)c2n1. The highest BCUT2D eigenvalue weighted by Gasteiger charge is 2.24. The van der Waals surface area contributed by atoms with Crippen molar-refractivity contribution in [2.75, 3.05) is 25.6 Å². The molecule has 32 heavy (non-hydrogen) atoms. The molecule has 11 heteroatoms. The fraction of sp³-hybridized carbons (Fsp3) is 0.476. The fourth-order valence-corrected chi connectivity index (χ4v) is 4.95. The maximum atomic E-state index is 12.9. The van der Waals surface area contributed by atoms with Crippen LogP contribution in [-0.4, -0.2) is 44.4 Å². The molecule has 0 bridgehead atoms. The number of hydrogen-bond donors (Lipinski definition) is 2. The summed E-state index contributed by atoms with van der Waals surface area (Å²) in [5.74, 6) is 0.138. The van der Waals surface area contributed by atoms with Crippen molar-refractivity contribution in [3.8, 4) is 12.0 Å². The average molecular weight is 463 g/mol. The molecule has 0 saturated heterocycles. The Morgan fingerprint density at radius 3 is 2.50 bits per heavy atom. The summed E-state index contributed by atoms with van der Waals surface area (Å²) in [5, 5.41) is 10.4. The molecular weight excluding hydrogens is 433 g/mol. The van der Waals surface area contributed by atoms with Crippen LogP contribution >= 0.6 is 7.60 Å². The maximum absolute atomic E-state index is 12.9. The lowest BCUT2D eigenvalue weighted by Gasteiger charge is -2.17. The monoisotopic (exact) mass is 463 g/mol. The van der Waals surface area contributed by atoms with Crippen molar-refractivity contribution in [1.82, 2.24) is 19.5 Å². The largest absolute Gasteiger partial charge is 0.480 e. The molecule has 174 valence electrons. The Balaban J connectivity index is 1.88. The van der Waals surface area contributed by atoms with Gasteiger partial charge in [-0.2, -0.15) is 15.0 Å². The van der Waals surface area contributed by atoms with Crippen molar-refractivity contribution >= 4 is 24.6 Å². The van der Waals surface area contributed by atoms with Crippen LogP contribution in [0, 0.1) is 0 Å². The average Bonchev–Trinajstić information content (AvgIpc) is 3.05. The van der Waals surface area contributed by atoms with E-state index in [9.17, 15) is 9.67 Å². The van der Waals surface area contributed by atoms with Crippen molar-refractivity contribution in [3.63, 3.8) is 0 Å². The van der Waals surface area contributed by atoms with Crippen LogP contribution in [0.1, 0.15) is 44.7 Å². The van der Waals surface area contributed by atoms with Crippen LogP contribution in [0.4, 0.5) is 5.82 Å². The Labute approximate surface area is 187 Å². The number of nitrogens with two attached hydrogens (primary N) is 1. The van der Waals surface area contributed by atoms with E-state index in [4.69, 9.17) is 19.5 Å².